The van der Waals surface area contributed by atoms with E-state index < -0.39 is 5.54 Å². The Morgan fingerprint density at radius 2 is 2.00 bits per heavy atom. The number of carbonyl (C=O) groups is 3. The average Bonchev–Trinajstić information content (AvgIpc) is 3.29. The summed E-state index contributed by atoms with van der Waals surface area (Å²) >= 11 is 0. The topological polar surface area (TPSA) is 99.6 Å². The van der Waals surface area contributed by atoms with Crippen molar-refractivity contribution in [2.24, 2.45) is 0 Å². The van der Waals surface area contributed by atoms with Crippen LogP contribution in [-0.4, -0.2) is 83.1 Å². The van der Waals surface area contributed by atoms with Gasteiger partial charge in [0.15, 0.2) is 5.69 Å². The summed E-state index contributed by atoms with van der Waals surface area (Å²) in [5, 5.41) is 10.2. The molecule has 0 unspecified atom stereocenters. The zero-order chi connectivity index (χ0) is 20.5. The van der Waals surface area contributed by atoms with Gasteiger partial charge in [0.1, 0.15) is 11.2 Å². The van der Waals surface area contributed by atoms with Crippen LogP contribution in [-0.2, 0) is 11.3 Å². The van der Waals surface area contributed by atoms with E-state index in [1.807, 2.05) is 19.0 Å². The molecule has 0 spiro atoms. The van der Waals surface area contributed by atoms with Crippen molar-refractivity contribution in [3.05, 3.63) is 17.5 Å². The minimum absolute atomic E-state index is 0.171. The van der Waals surface area contributed by atoms with Gasteiger partial charge in [-0.05, 0) is 33.9 Å². The second-order valence-corrected chi connectivity index (χ2v) is 8.22. The molecule has 0 radical (unpaired) electrons. The van der Waals surface area contributed by atoms with Gasteiger partial charge in [0.25, 0.3) is 11.8 Å². The molecule has 2 aliphatic rings. The van der Waals surface area contributed by atoms with Gasteiger partial charge in [-0.1, -0.05) is 12.8 Å². The van der Waals surface area contributed by atoms with Gasteiger partial charge in [0.05, 0.1) is 6.54 Å². The molecule has 2 heterocycles. The van der Waals surface area contributed by atoms with E-state index in [9.17, 15) is 14.4 Å². The molecule has 1 saturated carbocycles. The van der Waals surface area contributed by atoms with Crippen LogP contribution in [0.4, 0.5) is 0 Å². The molecule has 1 aliphatic carbocycles. The van der Waals surface area contributed by atoms with Crippen molar-refractivity contribution in [3.8, 4) is 0 Å². The van der Waals surface area contributed by atoms with E-state index >= 15 is 0 Å². The zero-order valence-corrected chi connectivity index (χ0v) is 17.1. The van der Waals surface area contributed by atoms with Crippen molar-refractivity contribution in [3.63, 3.8) is 0 Å². The fraction of sp³-hybridized carbons (Fsp3) is 0.684. The highest BCUT2D eigenvalue weighted by atomic mass is 16.2. The molecule has 1 fully saturated rings. The molecule has 1 aromatic rings. The van der Waals surface area contributed by atoms with Crippen molar-refractivity contribution in [2.45, 2.75) is 50.7 Å². The predicted octanol–water partition coefficient (Wildman–Crippen LogP) is 0.0776. The minimum Gasteiger partial charge on any atom is -0.351 e. The molecule has 2 N–H and O–H groups in total. The Morgan fingerprint density at radius 3 is 2.64 bits per heavy atom. The number of aromatic nitrogens is 2. The van der Waals surface area contributed by atoms with Gasteiger partial charge < -0.3 is 20.4 Å². The van der Waals surface area contributed by atoms with Crippen molar-refractivity contribution in [1.82, 2.24) is 30.2 Å². The van der Waals surface area contributed by atoms with E-state index in [-0.39, 0.29) is 36.0 Å². The molecule has 0 aromatic carbocycles. The molecule has 0 bridgehead atoms. The fourth-order valence-corrected chi connectivity index (χ4v) is 3.73. The Kier molecular flexibility index (Phi) is 5.74. The van der Waals surface area contributed by atoms with Crippen LogP contribution >= 0.6 is 0 Å². The molecule has 28 heavy (non-hydrogen) atoms. The Bertz CT molecular complexity index is 768. The molecule has 3 amide bonds. The maximum atomic E-state index is 13.0. The van der Waals surface area contributed by atoms with Crippen LogP contribution in [0.15, 0.2) is 6.07 Å². The summed E-state index contributed by atoms with van der Waals surface area (Å²) < 4.78 is 1.48. The lowest BCUT2D eigenvalue weighted by Crippen LogP contribution is -2.63. The van der Waals surface area contributed by atoms with Crippen LogP contribution in [0.25, 0.3) is 0 Å². The number of carbonyl (C=O) groups excluding carboxylic acids is 3. The van der Waals surface area contributed by atoms with Crippen molar-refractivity contribution in [2.75, 3.05) is 34.2 Å². The first kappa shape index (κ1) is 20.3. The highest BCUT2D eigenvalue weighted by Crippen LogP contribution is 2.27. The first-order chi connectivity index (χ1) is 13.2. The van der Waals surface area contributed by atoms with Gasteiger partial charge in [-0.2, -0.15) is 5.10 Å². The number of hydrogen-bond donors (Lipinski definition) is 2. The third-order valence-corrected chi connectivity index (χ3v) is 5.76. The van der Waals surface area contributed by atoms with Gasteiger partial charge in [0.2, 0.25) is 5.91 Å². The van der Waals surface area contributed by atoms with Crippen LogP contribution in [0.1, 0.15) is 53.6 Å². The summed E-state index contributed by atoms with van der Waals surface area (Å²) in [4.78, 5) is 41.6. The number of rotatable bonds is 6. The van der Waals surface area contributed by atoms with Crippen LogP contribution in [0.5, 0.6) is 0 Å². The third-order valence-electron chi connectivity index (χ3n) is 5.76. The van der Waals surface area contributed by atoms with Gasteiger partial charge in [-0.15, -0.1) is 0 Å². The summed E-state index contributed by atoms with van der Waals surface area (Å²) in [6.07, 6.45) is 4.19. The molecule has 0 saturated heterocycles. The SMILES string of the molecule is CN(C)CCNC(=O)c1cc2n(n1)C[C@](C)(C(=O)NC1CCCC1)N(C)C2=O. The lowest BCUT2D eigenvalue weighted by Gasteiger charge is -2.41. The van der Waals surface area contributed by atoms with Gasteiger partial charge in [0, 0.05) is 32.2 Å². The van der Waals surface area contributed by atoms with Crippen molar-refractivity contribution in [1.29, 1.82) is 0 Å². The lowest BCUT2D eigenvalue weighted by atomic mass is 9.95. The van der Waals surface area contributed by atoms with Crippen LogP contribution < -0.4 is 10.6 Å². The average molecular weight is 390 g/mol. The van der Waals surface area contributed by atoms with Crippen LogP contribution in [0, 0.1) is 0 Å². The molecule has 154 valence electrons. The maximum Gasteiger partial charge on any atom is 0.272 e. The number of amides is 3. The van der Waals surface area contributed by atoms with Crippen molar-refractivity contribution >= 4 is 17.7 Å². The molecule has 1 aliphatic heterocycles. The number of fused-ring (bicyclic) bond motifs is 1. The van der Waals surface area contributed by atoms with E-state index in [2.05, 4.69) is 15.7 Å². The zero-order valence-electron chi connectivity index (χ0n) is 17.1. The monoisotopic (exact) mass is 390 g/mol. The maximum absolute atomic E-state index is 13.0. The first-order valence-electron chi connectivity index (χ1n) is 9.82. The lowest BCUT2D eigenvalue weighted by molar-refractivity contribution is -0.133. The highest BCUT2D eigenvalue weighted by molar-refractivity contribution is 6.01. The second kappa shape index (κ2) is 7.90. The summed E-state index contributed by atoms with van der Waals surface area (Å²) in [6.45, 7) is 3.16. The number of nitrogens with one attached hydrogen (secondary N) is 2. The van der Waals surface area contributed by atoms with E-state index in [0.717, 1.165) is 25.7 Å². The van der Waals surface area contributed by atoms with E-state index in [1.165, 1.54) is 15.6 Å². The van der Waals surface area contributed by atoms with Crippen molar-refractivity contribution < 1.29 is 14.4 Å². The quantitative estimate of drug-likeness (QED) is 0.717. The largest absolute Gasteiger partial charge is 0.351 e. The molecule has 9 heteroatoms. The van der Waals surface area contributed by atoms with Gasteiger partial charge in [-0.25, -0.2) is 0 Å². The molecule has 9 nitrogen and oxygen atoms in total. The minimum atomic E-state index is -1.04. The van der Waals surface area contributed by atoms with Gasteiger partial charge in [-0.3, -0.25) is 19.1 Å². The summed E-state index contributed by atoms with van der Waals surface area (Å²) in [5.41, 5.74) is -0.528. The standard InChI is InChI=1S/C19H30N6O3/c1-19(18(28)21-13-7-5-6-8-13)12-25-15(17(27)24(19)4)11-14(22-25)16(26)20-9-10-23(2)3/h11,13H,5-10,12H2,1-4H3,(H,20,26)(H,21,28)/t19-/m1/s1. The molecule has 1 aromatic heterocycles. The second-order valence-electron chi connectivity index (χ2n) is 8.22. The summed E-state index contributed by atoms with van der Waals surface area (Å²) in [5.74, 6) is -0.806. The predicted molar refractivity (Wildman–Crippen MR) is 104 cm³/mol. The normalized spacial score (nSPS) is 22.5. The van der Waals surface area contributed by atoms with Gasteiger partial charge >= 0.3 is 0 Å². The van der Waals surface area contributed by atoms with Crippen LogP contribution in [0.2, 0.25) is 0 Å². The summed E-state index contributed by atoms with van der Waals surface area (Å²) in [7, 11) is 5.48. The van der Waals surface area contributed by atoms with E-state index in [4.69, 9.17) is 0 Å². The van der Waals surface area contributed by atoms with E-state index in [1.54, 1.807) is 14.0 Å². The number of likely N-dealkylation sites (N-methyl/N-ethyl adjacent to an activating group) is 2. The molecular weight excluding hydrogens is 360 g/mol. The van der Waals surface area contributed by atoms with Crippen LogP contribution in [0.3, 0.4) is 0 Å². The smallest absolute Gasteiger partial charge is 0.272 e. The molecule has 1 atom stereocenters. The fourth-order valence-electron chi connectivity index (χ4n) is 3.73. The number of hydrogen-bond acceptors (Lipinski definition) is 5. The Morgan fingerprint density at radius 1 is 1.32 bits per heavy atom. The first-order valence-corrected chi connectivity index (χ1v) is 9.82. The van der Waals surface area contributed by atoms with E-state index in [0.29, 0.717) is 18.8 Å². The molecular formula is C19H30N6O3. The Balaban J connectivity index is 1.75. The third kappa shape index (κ3) is 3.89. The Labute approximate surface area is 165 Å². The Hall–Kier alpha value is -2.42. The number of nitrogens with zero attached hydrogens (tertiary/aromatic N) is 4. The molecule has 3 rings (SSSR count). The highest BCUT2D eigenvalue weighted by Gasteiger charge is 2.46. The summed E-state index contributed by atoms with van der Waals surface area (Å²) in [6, 6.07) is 1.67.